The molecule has 1 aromatic heterocycles. The fourth-order valence-corrected chi connectivity index (χ4v) is 6.44. The van der Waals surface area contributed by atoms with E-state index in [1.54, 1.807) is 30.3 Å². The van der Waals surface area contributed by atoms with Crippen molar-refractivity contribution in [3.8, 4) is 16.8 Å². The summed E-state index contributed by atoms with van der Waals surface area (Å²) in [5, 5.41) is 4.60. The van der Waals surface area contributed by atoms with E-state index >= 15 is 0 Å². The summed E-state index contributed by atoms with van der Waals surface area (Å²) in [5.74, 6) is -0.169. The predicted octanol–water partition coefficient (Wildman–Crippen LogP) is 7.00. The van der Waals surface area contributed by atoms with Crippen LogP contribution < -0.4 is 5.32 Å². The lowest BCUT2D eigenvalue weighted by atomic mass is 10.0. The molecule has 0 bridgehead atoms. The first kappa shape index (κ1) is 23.2. The van der Waals surface area contributed by atoms with E-state index in [2.05, 4.69) is 5.32 Å². The number of nitrogens with zero attached hydrogens (tertiary/aromatic N) is 1. The van der Waals surface area contributed by atoms with Gasteiger partial charge >= 0.3 is 0 Å². The van der Waals surface area contributed by atoms with Crippen LogP contribution in [-0.2, 0) is 0 Å². The van der Waals surface area contributed by atoms with Crippen molar-refractivity contribution in [2.45, 2.75) is 12.5 Å². The highest BCUT2D eigenvalue weighted by Crippen LogP contribution is 2.45. The van der Waals surface area contributed by atoms with Crippen LogP contribution in [0.3, 0.4) is 0 Å². The molecule has 5 nitrogen and oxygen atoms in total. The van der Waals surface area contributed by atoms with Crippen LogP contribution in [0.15, 0.2) is 66.9 Å². The van der Waals surface area contributed by atoms with E-state index in [0.29, 0.717) is 27.8 Å². The maximum absolute atomic E-state index is 13.6. The Labute approximate surface area is 207 Å². The van der Waals surface area contributed by atoms with Crippen LogP contribution in [0.4, 0.5) is 4.39 Å². The number of carbonyl (C=O) groups is 1. The van der Waals surface area contributed by atoms with Gasteiger partial charge in [0.2, 0.25) is 0 Å². The van der Waals surface area contributed by atoms with Crippen LogP contribution in [-0.4, -0.2) is 37.1 Å². The largest absolute Gasteiger partial charge is 0.348 e. The molecule has 0 saturated carbocycles. The summed E-state index contributed by atoms with van der Waals surface area (Å²) in [4.78, 5) is 13.0. The highest BCUT2D eigenvalue weighted by atomic mass is 35.5. The smallest absolute Gasteiger partial charge is 0.251 e. The van der Waals surface area contributed by atoms with E-state index < -0.39 is 10.6 Å². The molecule has 1 saturated heterocycles. The second-order valence-electron chi connectivity index (χ2n) is 8.35. The number of fused-ring (bicyclic) bond motifs is 1. The van der Waals surface area contributed by atoms with Crippen LogP contribution in [0, 0.1) is 5.82 Å². The van der Waals surface area contributed by atoms with E-state index in [1.165, 1.54) is 12.1 Å². The molecule has 1 aliphatic heterocycles. The summed E-state index contributed by atoms with van der Waals surface area (Å²) >= 11 is 12.8. The standard InChI is InChI=1S/C25H21Cl2FN2O3S/c26-22-3-1-2-20(24(22)27)21-13-30(18-7-5-16(28)6-8-18)23-12-15(4-9-19(21)23)25(31)29-17-10-11-34(32,33)14-17/h1-9,12-13,17,32-33H,10-11,14H2,(H,29,31). The van der Waals surface area contributed by atoms with Gasteiger partial charge in [-0.15, -0.1) is 0 Å². The third-order valence-electron chi connectivity index (χ3n) is 6.01. The number of benzene rings is 3. The quantitative estimate of drug-likeness (QED) is 0.272. The molecule has 34 heavy (non-hydrogen) atoms. The van der Waals surface area contributed by atoms with E-state index in [1.807, 2.05) is 29.0 Å². The van der Waals surface area contributed by atoms with Gasteiger partial charge in [-0.3, -0.25) is 13.9 Å². The summed E-state index contributed by atoms with van der Waals surface area (Å²) in [6, 6.07) is 16.5. The van der Waals surface area contributed by atoms with E-state index in [4.69, 9.17) is 23.2 Å². The average molecular weight is 519 g/mol. The Morgan fingerprint density at radius 3 is 2.53 bits per heavy atom. The van der Waals surface area contributed by atoms with Crippen LogP contribution >= 0.6 is 33.8 Å². The number of halogens is 3. The number of hydrogen-bond acceptors (Lipinski definition) is 3. The van der Waals surface area contributed by atoms with Crippen molar-refractivity contribution in [2.75, 3.05) is 11.5 Å². The summed E-state index contributed by atoms with van der Waals surface area (Å²) in [5.41, 5.74) is 3.46. The van der Waals surface area contributed by atoms with Crippen molar-refractivity contribution in [3.05, 3.63) is 88.3 Å². The fourth-order valence-electron chi connectivity index (χ4n) is 4.31. The lowest BCUT2D eigenvalue weighted by Crippen LogP contribution is -2.35. The molecule has 3 aromatic carbocycles. The molecule has 4 aromatic rings. The van der Waals surface area contributed by atoms with Crippen LogP contribution in [0.1, 0.15) is 16.8 Å². The van der Waals surface area contributed by atoms with Gasteiger partial charge in [-0.2, -0.15) is 10.6 Å². The lowest BCUT2D eigenvalue weighted by molar-refractivity contribution is 0.0941. The molecular weight excluding hydrogens is 498 g/mol. The Balaban J connectivity index is 1.61. The fraction of sp³-hybridized carbons (Fsp3) is 0.160. The Hall–Kier alpha value is -2.55. The molecule has 1 fully saturated rings. The predicted molar refractivity (Wildman–Crippen MR) is 137 cm³/mol. The van der Waals surface area contributed by atoms with E-state index in [9.17, 15) is 18.3 Å². The van der Waals surface area contributed by atoms with Gasteiger partial charge in [0, 0.05) is 45.8 Å². The molecule has 176 valence electrons. The molecule has 0 radical (unpaired) electrons. The Morgan fingerprint density at radius 1 is 1.06 bits per heavy atom. The third kappa shape index (κ3) is 4.42. The number of nitrogens with one attached hydrogen (secondary N) is 1. The highest BCUT2D eigenvalue weighted by Gasteiger charge is 2.29. The van der Waals surface area contributed by atoms with E-state index in [0.717, 1.165) is 27.7 Å². The molecule has 1 unspecified atom stereocenters. The minimum atomic E-state index is -2.61. The van der Waals surface area contributed by atoms with Gasteiger partial charge in [0.1, 0.15) is 5.82 Å². The van der Waals surface area contributed by atoms with Gasteiger partial charge in [0.25, 0.3) is 5.91 Å². The van der Waals surface area contributed by atoms with Crippen LogP contribution in [0.25, 0.3) is 27.7 Å². The molecule has 0 aliphatic carbocycles. The van der Waals surface area contributed by atoms with Gasteiger partial charge in [-0.05, 0) is 48.9 Å². The Morgan fingerprint density at radius 2 is 1.82 bits per heavy atom. The summed E-state index contributed by atoms with van der Waals surface area (Å²) in [6.45, 7) is 0. The molecule has 5 rings (SSSR count). The van der Waals surface area contributed by atoms with Crippen LogP contribution in [0.5, 0.6) is 0 Å². The average Bonchev–Trinajstić information content (AvgIpc) is 3.35. The minimum Gasteiger partial charge on any atom is -0.348 e. The van der Waals surface area contributed by atoms with Crippen molar-refractivity contribution < 1.29 is 18.3 Å². The SMILES string of the molecule is O=C(NC1CCS(O)(O)C1)c1ccc2c(-c3cccc(Cl)c3Cl)cn(-c3ccc(F)cc3)c2c1. The first-order valence-electron chi connectivity index (χ1n) is 10.6. The maximum atomic E-state index is 13.6. The second-order valence-corrected chi connectivity index (χ2v) is 11.5. The first-order chi connectivity index (χ1) is 16.2. The van der Waals surface area contributed by atoms with Crippen LogP contribution in [0.2, 0.25) is 10.0 Å². The molecule has 1 atom stereocenters. The number of amides is 1. The van der Waals surface area contributed by atoms with Crippen molar-refractivity contribution >= 4 is 50.6 Å². The van der Waals surface area contributed by atoms with Crippen molar-refractivity contribution in [1.82, 2.24) is 9.88 Å². The van der Waals surface area contributed by atoms with Gasteiger partial charge < -0.3 is 9.88 Å². The van der Waals surface area contributed by atoms with Crippen molar-refractivity contribution in [3.63, 3.8) is 0 Å². The van der Waals surface area contributed by atoms with Crippen molar-refractivity contribution in [2.24, 2.45) is 0 Å². The van der Waals surface area contributed by atoms with Gasteiger partial charge in [0.05, 0.1) is 21.3 Å². The zero-order valence-electron chi connectivity index (χ0n) is 17.8. The zero-order chi connectivity index (χ0) is 24.0. The second kappa shape index (κ2) is 8.91. The van der Waals surface area contributed by atoms with Gasteiger partial charge in [-0.25, -0.2) is 4.39 Å². The summed E-state index contributed by atoms with van der Waals surface area (Å²) in [7, 11) is -2.61. The Kier molecular flexibility index (Phi) is 6.08. The number of rotatable bonds is 4. The summed E-state index contributed by atoms with van der Waals surface area (Å²) in [6.07, 6.45) is 2.42. The third-order valence-corrected chi connectivity index (χ3v) is 8.66. The number of hydrogen-bond donors (Lipinski definition) is 3. The topological polar surface area (TPSA) is 74.5 Å². The number of aromatic nitrogens is 1. The van der Waals surface area contributed by atoms with Gasteiger partial charge in [-0.1, -0.05) is 41.4 Å². The molecular formula is C25H21Cl2FN2O3S. The normalized spacial score (nSPS) is 18.2. The maximum Gasteiger partial charge on any atom is 0.251 e. The zero-order valence-corrected chi connectivity index (χ0v) is 20.2. The minimum absolute atomic E-state index is 0.171. The molecule has 3 N–H and O–H groups in total. The first-order valence-corrected chi connectivity index (χ1v) is 13.3. The molecule has 0 spiro atoms. The summed E-state index contributed by atoms with van der Waals surface area (Å²) < 4.78 is 35.2. The lowest BCUT2D eigenvalue weighted by Gasteiger charge is -2.26. The van der Waals surface area contributed by atoms with Gasteiger partial charge in [0.15, 0.2) is 0 Å². The Bertz CT molecular complexity index is 1410. The molecule has 9 heteroatoms. The highest BCUT2D eigenvalue weighted by molar-refractivity contribution is 8.24. The molecule has 2 heterocycles. The molecule has 1 amide bonds. The van der Waals surface area contributed by atoms with E-state index in [-0.39, 0.29) is 23.5 Å². The number of carbonyl (C=O) groups excluding carboxylic acids is 1. The van der Waals surface area contributed by atoms with Crippen molar-refractivity contribution in [1.29, 1.82) is 0 Å². The molecule has 1 aliphatic rings. The monoisotopic (exact) mass is 518 g/mol.